The molecule has 0 heterocycles. The van der Waals surface area contributed by atoms with Crippen LogP contribution in [-0.2, 0) is 10.2 Å². The average Bonchev–Trinajstić information content (AvgIpc) is 3.21. The van der Waals surface area contributed by atoms with E-state index in [0.717, 1.165) is 24.7 Å². The molecule has 0 spiro atoms. The molecule has 0 N–H and O–H groups in total. The van der Waals surface area contributed by atoms with Gasteiger partial charge in [-0.15, -0.1) is 0 Å². The third-order valence-corrected chi connectivity index (χ3v) is 3.58. The van der Waals surface area contributed by atoms with Crippen molar-refractivity contribution in [1.82, 2.24) is 0 Å². The molecule has 0 saturated heterocycles. The minimum Gasteiger partial charge on any atom is -0.302 e. The molecule has 1 aliphatic carbocycles. The van der Waals surface area contributed by atoms with Gasteiger partial charge in [-0.3, -0.25) is 0 Å². The average molecular weight is 222 g/mol. The highest BCUT2D eigenvalue weighted by Crippen LogP contribution is 2.46. The maximum absolute atomic E-state index is 11.0. The molecular weight excluding hydrogens is 208 g/mol. The molecule has 2 aromatic carbocycles. The van der Waals surface area contributed by atoms with E-state index < -0.39 is 0 Å². The first-order valence-corrected chi connectivity index (χ1v) is 5.96. The Balaban J connectivity index is 1.93. The molecule has 1 saturated carbocycles. The normalized spacial score (nSPS) is 16.5. The highest BCUT2D eigenvalue weighted by atomic mass is 16.1. The molecule has 0 amide bonds. The first-order valence-electron chi connectivity index (χ1n) is 5.96. The van der Waals surface area contributed by atoms with Crippen molar-refractivity contribution in [2.75, 3.05) is 0 Å². The van der Waals surface area contributed by atoms with Crippen LogP contribution < -0.4 is 0 Å². The minimum absolute atomic E-state index is 0.158. The largest absolute Gasteiger partial charge is 0.302 e. The van der Waals surface area contributed by atoms with Crippen LogP contribution in [0.5, 0.6) is 0 Å². The summed E-state index contributed by atoms with van der Waals surface area (Å²) in [7, 11) is 0. The van der Waals surface area contributed by atoms with Crippen LogP contribution >= 0.6 is 0 Å². The van der Waals surface area contributed by atoms with Gasteiger partial charge >= 0.3 is 0 Å². The van der Waals surface area contributed by atoms with Crippen molar-refractivity contribution in [1.29, 1.82) is 0 Å². The predicted octanol–water partition coefficient (Wildman–Crippen LogP) is 3.58. The standard InChI is InChI=1S/C16H14O/c17-12-16(10-11-16)15-8-6-14(7-9-15)13-4-2-1-3-5-13/h1-9,12H,10-11H2. The zero-order chi connectivity index (χ0) is 11.7. The van der Waals surface area contributed by atoms with Crippen molar-refractivity contribution < 1.29 is 4.79 Å². The Labute approximate surface area is 101 Å². The van der Waals surface area contributed by atoms with Crippen LogP contribution in [-0.4, -0.2) is 6.29 Å². The summed E-state index contributed by atoms with van der Waals surface area (Å²) in [6.45, 7) is 0. The number of rotatable bonds is 3. The Morgan fingerprint density at radius 3 is 1.94 bits per heavy atom. The van der Waals surface area contributed by atoms with E-state index >= 15 is 0 Å². The van der Waals surface area contributed by atoms with Gasteiger partial charge in [-0.25, -0.2) is 0 Å². The van der Waals surface area contributed by atoms with Crippen LogP contribution in [0.25, 0.3) is 11.1 Å². The highest BCUT2D eigenvalue weighted by Gasteiger charge is 2.44. The molecule has 0 atom stereocenters. The lowest BCUT2D eigenvalue weighted by atomic mass is 9.95. The maximum atomic E-state index is 11.0. The first kappa shape index (κ1) is 10.3. The predicted molar refractivity (Wildman–Crippen MR) is 68.9 cm³/mol. The monoisotopic (exact) mass is 222 g/mol. The van der Waals surface area contributed by atoms with E-state index in [-0.39, 0.29) is 5.41 Å². The lowest BCUT2D eigenvalue weighted by Gasteiger charge is -2.08. The molecule has 0 bridgehead atoms. The topological polar surface area (TPSA) is 17.1 Å². The van der Waals surface area contributed by atoms with E-state index in [9.17, 15) is 4.79 Å². The Bertz CT molecular complexity index is 521. The van der Waals surface area contributed by atoms with Gasteiger partial charge in [0.15, 0.2) is 0 Å². The summed E-state index contributed by atoms with van der Waals surface area (Å²) in [6.07, 6.45) is 3.10. The summed E-state index contributed by atoms with van der Waals surface area (Å²) >= 11 is 0. The Morgan fingerprint density at radius 1 is 0.824 bits per heavy atom. The number of hydrogen-bond acceptors (Lipinski definition) is 1. The molecule has 0 aromatic heterocycles. The quantitative estimate of drug-likeness (QED) is 0.725. The van der Waals surface area contributed by atoms with Gasteiger partial charge in [0.1, 0.15) is 6.29 Å². The molecule has 1 aliphatic rings. The van der Waals surface area contributed by atoms with E-state index in [4.69, 9.17) is 0 Å². The van der Waals surface area contributed by atoms with Gasteiger partial charge in [-0.05, 0) is 29.5 Å². The molecule has 1 nitrogen and oxygen atoms in total. The Morgan fingerprint density at radius 2 is 1.41 bits per heavy atom. The van der Waals surface area contributed by atoms with Crippen LogP contribution in [0.4, 0.5) is 0 Å². The van der Waals surface area contributed by atoms with Crippen molar-refractivity contribution in [2.45, 2.75) is 18.3 Å². The minimum atomic E-state index is -0.158. The summed E-state index contributed by atoms with van der Waals surface area (Å²) in [5.74, 6) is 0. The van der Waals surface area contributed by atoms with Gasteiger partial charge in [0, 0.05) is 0 Å². The lowest BCUT2D eigenvalue weighted by molar-refractivity contribution is -0.109. The van der Waals surface area contributed by atoms with Gasteiger partial charge in [0.2, 0.25) is 0 Å². The highest BCUT2D eigenvalue weighted by molar-refractivity contribution is 5.74. The number of benzene rings is 2. The zero-order valence-corrected chi connectivity index (χ0v) is 9.60. The molecule has 1 heteroatoms. The van der Waals surface area contributed by atoms with Gasteiger partial charge in [-0.1, -0.05) is 54.6 Å². The molecule has 0 aliphatic heterocycles. The number of carbonyl (C=O) groups is 1. The molecule has 0 radical (unpaired) electrons. The fourth-order valence-electron chi connectivity index (χ4n) is 2.23. The third-order valence-electron chi connectivity index (χ3n) is 3.58. The van der Waals surface area contributed by atoms with E-state index in [1.807, 2.05) is 18.2 Å². The van der Waals surface area contributed by atoms with Crippen molar-refractivity contribution in [3.05, 3.63) is 60.2 Å². The van der Waals surface area contributed by atoms with Crippen LogP contribution in [0, 0.1) is 0 Å². The molecule has 17 heavy (non-hydrogen) atoms. The third kappa shape index (κ3) is 1.78. The zero-order valence-electron chi connectivity index (χ0n) is 9.60. The molecule has 2 aromatic rings. The summed E-state index contributed by atoms with van der Waals surface area (Å²) in [5, 5.41) is 0. The van der Waals surface area contributed by atoms with Crippen molar-refractivity contribution >= 4 is 6.29 Å². The van der Waals surface area contributed by atoms with Crippen LogP contribution in [0.1, 0.15) is 18.4 Å². The molecular formula is C16H14O. The van der Waals surface area contributed by atoms with Crippen LogP contribution in [0.15, 0.2) is 54.6 Å². The van der Waals surface area contributed by atoms with Gasteiger partial charge < -0.3 is 4.79 Å². The van der Waals surface area contributed by atoms with Crippen molar-refractivity contribution in [3.8, 4) is 11.1 Å². The van der Waals surface area contributed by atoms with E-state index in [2.05, 4.69) is 36.4 Å². The summed E-state index contributed by atoms with van der Waals surface area (Å²) in [6, 6.07) is 18.7. The molecule has 0 unspecified atom stereocenters. The van der Waals surface area contributed by atoms with Crippen molar-refractivity contribution in [3.63, 3.8) is 0 Å². The maximum Gasteiger partial charge on any atom is 0.130 e. The number of aldehydes is 1. The van der Waals surface area contributed by atoms with Gasteiger partial charge in [0.25, 0.3) is 0 Å². The molecule has 3 rings (SSSR count). The molecule has 1 fully saturated rings. The fourth-order valence-corrected chi connectivity index (χ4v) is 2.23. The SMILES string of the molecule is O=CC1(c2ccc(-c3ccccc3)cc2)CC1. The van der Waals surface area contributed by atoms with E-state index in [1.165, 1.54) is 11.1 Å². The van der Waals surface area contributed by atoms with E-state index in [1.54, 1.807) is 0 Å². The first-order chi connectivity index (χ1) is 8.34. The van der Waals surface area contributed by atoms with Gasteiger partial charge in [0.05, 0.1) is 5.41 Å². The van der Waals surface area contributed by atoms with Crippen LogP contribution in [0.3, 0.4) is 0 Å². The second kappa shape index (κ2) is 3.85. The Hall–Kier alpha value is -1.89. The van der Waals surface area contributed by atoms with E-state index in [0.29, 0.717) is 0 Å². The fraction of sp³-hybridized carbons (Fsp3) is 0.188. The second-order valence-corrected chi connectivity index (χ2v) is 4.72. The summed E-state index contributed by atoms with van der Waals surface area (Å²) in [5.41, 5.74) is 3.42. The van der Waals surface area contributed by atoms with Crippen LogP contribution in [0.2, 0.25) is 0 Å². The molecule has 84 valence electrons. The smallest absolute Gasteiger partial charge is 0.130 e. The lowest BCUT2D eigenvalue weighted by Crippen LogP contribution is -2.07. The second-order valence-electron chi connectivity index (χ2n) is 4.72. The number of carbonyl (C=O) groups excluding carboxylic acids is 1. The number of hydrogen-bond donors (Lipinski definition) is 0. The van der Waals surface area contributed by atoms with Gasteiger partial charge in [-0.2, -0.15) is 0 Å². The van der Waals surface area contributed by atoms with Crippen molar-refractivity contribution in [2.24, 2.45) is 0 Å². The summed E-state index contributed by atoms with van der Waals surface area (Å²) in [4.78, 5) is 11.0. The summed E-state index contributed by atoms with van der Waals surface area (Å²) < 4.78 is 0. The Kier molecular flexibility index (Phi) is 2.32.